The number of carboxylic acid groups (broad SMARTS) is 1. The molecule has 0 atom stereocenters. The molecule has 1 aliphatic heterocycles. The lowest BCUT2D eigenvalue weighted by Crippen LogP contribution is -2.47. The molecule has 0 unspecified atom stereocenters. The van der Waals surface area contributed by atoms with E-state index in [9.17, 15) is 9.59 Å². The molecule has 0 bridgehead atoms. The third kappa shape index (κ3) is 3.07. The Morgan fingerprint density at radius 3 is 2.56 bits per heavy atom. The highest BCUT2D eigenvalue weighted by atomic mass is 16.5. The summed E-state index contributed by atoms with van der Waals surface area (Å²) in [5.74, 6) is -0.422. The van der Waals surface area contributed by atoms with Gasteiger partial charge < -0.3 is 14.7 Å². The highest BCUT2D eigenvalue weighted by Crippen LogP contribution is 2.42. The summed E-state index contributed by atoms with van der Waals surface area (Å²) in [6.45, 7) is 1.71. The van der Waals surface area contributed by atoms with Crippen molar-refractivity contribution in [3.63, 3.8) is 0 Å². The van der Waals surface area contributed by atoms with Gasteiger partial charge in [0.05, 0.1) is 13.7 Å². The first-order chi connectivity index (χ1) is 13.0. The van der Waals surface area contributed by atoms with Gasteiger partial charge in [-0.05, 0) is 30.5 Å². The fourth-order valence-corrected chi connectivity index (χ4v) is 4.39. The summed E-state index contributed by atoms with van der Waals surface area (Å²) in [7, 11) is 1.65. The van der Waals surface area contributed by atoms with E-state index in [0.717, 1.165) is 31.4 Å². The van der Waals surface area contributed by atoms with Gasteiger partial charge in [-0.3, -0.25) is 9.48 Å². The van der Waals surface area contributed by atoms with Crippen molar-refractivity contribution in [2.75, 3.05) is 20.2 Å². The Hall–Kier alpha value is -2.83. The molecule has 0 radical (unpaired) electrons. The summed E-state index contributed by atoms with van der Waals surface area (Å²) in [6, 6.07) is 9.53. The number of carboxylic acids is 1. The van der Waals surface area contributed by atoms with Crippen LogP contribution in [0.5, 0.6) is 5.75 Å². The van der Waals surface area contributed by atoms with Crippen LogP contribution >= 0.6 is 0 Å². The molecular weight excluding hydrogens is 346 g/mol. The third-order valence-electron chi connectivity index (χ3n) is 5.84. The minimum absolute atomic E-state index is 0.0558. The summed E-state index contributed by atoms with van der Waals surface area (Å²) in [5.41, 5.74) is 1.46. The van der Waals surface area contributed by atoms with Crippen LogP contribution in [0.4, 0.5) is 0 Å². The van der Waals surface area contributed by atoms with E-state index in [1.165, 1.54) is 16.3 Å². The highest BCUT2D eigenvalue weighted by molar-refractivity contribution is 5.96. The van der Waals surface area contributed by atoms with Crippen LogP contribution in [0.3, 0.4) is 0 Å². The molecule has 2 aromatic rings. The average Bonchev–Trinajstić information content (AvgIpc) is 3.32. The molecule has 27 heavy (non-hydrogen) atoms. The van der Waals surface area contributed by atoms with Crippen molar-refractivity contribution in [2.45, 2.75) is 37.6 Å². The monoisotopic (exact) mass is 369 g/mol. The fourth-order valence-electron chi connectivity index (χ4n) is 4.39. The molecule has 142 valence electrons. The summed E-state index contributed by atoms with van der Waals surface area (Å²) >= 11 is 0. The Labute approximate surface area is 157 Å². The van der Waals surface area contributed by atoms with Crippen molar-refractivity contribution in [1.29, 1.82) is 0 Å². The molecule has 7 heteroatoms. The molecule has 1 saturated carbocycles. The summed E-state index contributed by atoms with van der Waals surface area (Å²) in [6.07, 6.45) is 4.38. The van der Waals surface area contributed by atoms with Gasteiger partial charge in [0, 0.05) is 24.6 Å². The normalized spacial score (nSPS) is 18.4. The number of nitrogens with zero attached hydrogens (tertiary/aromatic N) is 3. The zero-order valence-corrected chi connectivity index (χ0v) is 15.4. The van der Waals surface area contributed by atoms with Gasteiger partial charge in [0.1, 0.15) is 11.4 Å². The highest BCUT2D eigenvalue weighted by Gasteiger charge is 2.40. The van der Waals surface area contributed by atoms with Crippen molar-refractivity contribution in [2.24, 2.45) is 0 Å². The Kier molecular flexibility index (Phi) is 4.37. The molecule has 7 nitrogen and oxygen atoms in total. The van der Waals surface area contributed by atoms with Crippen molar-refractivity contribution in [3.05, 3.63) is 47.3 Å². The van der Waals surface area contributed by atoms with Crippen LogP contribution in [-0.4, -0.2) is 51.9 Å². The second-order valence-corrected chi connectivity index (χ2v) is 7.39. The molecule has 1 amide bonds. The van der Waals surface area contributed by atoms with E-state index in [0.29, 0.717) is 25.3 Å². The van der Waals surface area contributed by atoms with E-state index in [4.69, 9.17) is 9.84 Å². The number of carbonyl (C=O) groups is 2. The van der Waals surface area contributed by atoms with Crippen molar-refractivity contribution in [3.8, 4) is 5.75 Å². The van der Waals surface area contributed by atoms with Crippen LogP contribution in [0.1, 0.15) is 52.2 Å². The van der Waals surface area contributed by atoms with Crippen LogP contribution in [-0.2, 0) is 12.0 Å². The van der Waals surface area contributed by atoms with E-state index in [1.54, 1.807) is 7.11 Å². The van der Waals surface area contributed by atoms with Crippen molar-refractivity contribution >= 4 is 11.9 Å². The number of hydrogen-bond acceptors (Lipinski definition) is 4. The Bertz CT molecular complexity index is 866. The molecule has 4 rings (SSSR count). The lowest BCUT2D eigenvalue weighted by Gasteiger charge is -2.37. The van der Waals surface area contributed by atoms with Gasteiger partial charge in [-0.15, -0.1) is 0 Å². The smallest absolute Gasteiger partial charge is 0.356 e. The van der Waals surface area contributed by atoms with Crippen LogP contribution in [0.2, 0.25) is 0 Å². The van der Waals surface area contributed by atoms with Crippen LogP contribution in [0.25, 0.3) is 0 Å². The van der Waals surface area contributed by atoms with Gasteiger partial charge >= 0.3 is 5.97 Å². The summed E-state index contributed by atoms with van der Waals surface area (Å²) in [4.78, 5) is 26.0. The zero-order chi connectivity index (χ0) is 19.0. The molecule has 1 aromatic carbocycles. The Balaban J connectivity index is 1.60. The van der Waals surface area contributed by atoms with Gasteiger partial charge in [0.25, 0.3) is 5.91 Å². The average molecular weight is 369 g/mol. The van der Waals surface area contributed by atoms with Crippen molar-refractivity contribution in [1.82, 2.24) is 14.7 Å². The van der Waals surface area contributed by atoms with Gasteiger partial charge in [0.2, 0.25) is 0 Å². The molecule has 1 fully saturated rings. The van der Waals surface area contributed by atoms with E-state index >= 15 is 0 Å². The number of aromatic carboxylic acids is 1. The maximum atomic E-state index is 13.0. The molecule has 0 spiro atoms. The number of amides is 1. The van der Waals surface area contributed by atoms with Gasteiger partial charge in [0.15, 0.2) is 5.69 Å². The first-order valence-corrected chi connectivity index (χ1v) is 9.27. The second-order valence-electron chi connectivity index (χ2n) is 7.39. The first kappa shape index (κ1) is 17.6. The van der Waals surface area contributed by atoms with Crippen LogP contribution in [0.15, 0.2) is 30.3 Å². The number of ether oxygens (including phenoxy) is 1. The predicted octanol–water partition coefficient (Wildman–Crippen LogP) is 2.56. The molecule has 0 saturated heterocycles. The zero-order valence-electron chi connectivity index (χ0n) is 15.4. The fraction of sp³-hybridized carbons (Fsp3) is 0.450. The van der Waals surface area contributed by atoms with Gasteiger partial charge in [-0.2, -0.15) is 5.10 Å². The quantitative estimate of drug-likeness (QED) is 0.876. The number of methoxy groups -OCH3 is 1. The maximum Gasteiger partial charge on any atom is 0.356 e. The minimum atomic E-state index is -1.11. The van der Waals surface area contributed by atoms with Crippen LogP contribution < -0.4 is 4.74 Å². The Morgan fingerprint density at radius 2 is 1.93 bits per heavy atom. The molecule has 1 N–H and O–H groups in total. The molecule has 1 aromatic heterocycles. The summed E-state index contributed by atoms with van der Waals surface area (Å²) in [5, 5.41) is 13.2. The minimum Gasteiger partial charge on any atom is -0.497 e. The largest absolute Gasteiger partial charge is 0.497 e. The second kappa shape index (κ2) is 6.72. The number of benzene rings is 1. The molecule has 2 aliphatic rings. The lowest BCUT2D eigenvalue weighted by molar-refractivity contribution is 0.0643. The summed E-state index contributed by atoms with van der Waals surface area (Å²) < 4.78 is 6.78. The predicted molar refractivity (Wildman–Crippen MR) is 98.2 cm³/mol. The third-order valence-corrected chi connectivity index (χ3v) is 5.84. The standard InChI is InChI=1S/C20H23N3O4/c1-27-15-6-4-14(5-7-15)20(8-2-3-9-20)13-22-10-11-23-17(18(22)24)12-16(21-23)19(25)26/h4-7,12H,2-3,8-11,13H2,1H3,(H,25,26). The van der Waals surface area contributed by atoms with Gasteiger partial charge in [-0.1, -0.05) is 25.0 Å². The Morgan fingerprint density at radius 1 is 1.22 bits per heavy atom. The number of aromatic nitrogens is 2. The van der Waals surface area contributed by atoms with Gasteiger partial charge in [-0.25, -0.2) is 4.79 Å². The van der Waals surface area contributed by atoms with Crippen LogP contribution in [0, 0.1) is 0 Å². The SMILES string of the molecule is COc1ccc(C2(CN3CCn4nc(C(=O)O)cc4C3=O)CCCC2)cc1. The number of carbonyl (C=O) groups excluding carboxylic acids is 1. The van der Waals surface area contributed by atoms with E-state index in [2.05, 4.69) is 17.2 Å². The maximum absolute atomic E-state index is 13.0. The number of fused-ring (bicyclic) bond motifs is 1. The van der Waals surface area contributed by atoms with E-state index in [1.807, 2.05) is 17.0 Å². The number of hydrogen-bond donors (Lipinski definition) is 1. The van der Waals surface area contributed by atoms with Crippen molar-refractivity contribution < 1.29 is 19.4 Å². The lowest BCUT2D eigenvalue weighted by atomic mass is 9.78. The molecular formula is C20H23N3O4. The molecule has 1 aliphatic carbocycles. The number of rotatable bonds is 5. The van der Waals surface area contributed by atoms with E-state index in [-0.39, 0.29) is 17.0 Å². The van der Waals surface area contributed by atoms with E-state index < -0.39 is 5.97 Å². The first-order valence-electron chi connectivity index (χ1n) is 9.27. The molecule has 2 heterocycles. The topological polar surface area (TPSA) is 84.7 Å².